The Balaban J connectivity index is 3.25. The van der Waals surface area contributed by atoms with Crippen molar-refractivity contribution in [3.05, 3.63) is 32.2 Å². The highest BCUT2D eigenvalue weighted by Gasteiger charge is 2.16. The van der Waals surface area contributed by atoms with Crippen molar-refractivity contribution in [1.29, 1.82) is 0 Å². The molecule has 1 aromatic rings. The van der Waals surface area contributed by atoms with E-state index in [0.717, 1.165) is 6.07 Å². The summed E-state index contributed by atoms with van der Waals surface area (Å²) in [5.41, 5.74) is 0.184. The highest BCUT2D eigenvalue weighted by molar-refractivity contribution is 9.13. The third-order valence-electron chi connectivity index (χ3n) is 1.52. The van der Waals surface area contributed by atoms with E-state index in [0.29, 0.717) is 0 Å². The van der Waals surface area contributed by atoms with Gasteiger partial charge >= 0.3 is 5.97 Å². The van der Waals surface area contributed by atoms with E-state index in [1.54, 1.807) is 0 Å². The fraction of sp³-hybridized carbons (Fsp3) is 0.125. The van der Waals surface area contributed by atoms with Gasteiger partial charge in [0.05, 0.1) is 10.9 Å². The lowest BCUT2D eigenvalue weighted by Gasteiger charge is -2.05. The molecular formula is C8H4Br2F2O2. The Hall–Kier alpha value is -0.490. The SMILES string of the molecule is O=C(O)Cc1cc(F)c(F)c(Br)c1Br. The summed E-state index contributed by atoms with van der Waals surface area (Å²) in [5, 5.41) is 8.49. The van der Waals surface area contributed by atoms with Crippen LogP contribution in [0.2, 0.25) is 0 Å². The van der Waals surface area contributed by atoms with E-state index < -0.39 is 17.6 Å². The highest BCUT2D eigenvalue weighted by Crippen LogP contribution is 2.31. The zero-order chi connectivity index (χ0) is 10.9. The molecule has 2 nitrogen and oxygen atoms in total. The number of carbonyl (C=O) groups is 1. The maximum Gasteiger partial charge on any atom is 0.307 e. The topological polar surface area (TPSA) is 37.3 Å². The van der Waals surface area contributed by atoms with Gasteiger partial charge < -0.3 is 5.11 Å². The predicted molar refractivity (Wildman–Crippen MR) is 53.1 cm³/mol. The molecule has 6 heteroatoms. The zero-order valence-corrected chi connectivity index (χ0v) is 9.82. The van der Waals surface area contributed by atoms with Gasteiger partial charge in [-0.2, -0.15) is 0 Å². The summed E-state index contributed by atoms with van der Waals surface area (Å²) in [6, 6.07) is 0.859. The number of halogens is 4. The minimum Gasteiger partial charge on any atom is -0.481 e. The van der Waals surface area contributed by atoms with Crippen LogP contribution in [0, 0.1) is 11.6 Å². The van der Waals surface area contributed by atoms with Crippen molar-refractivity contribution in [2.75, 3.05) is 0 Å². The number of aliphatic carboxylic acids is 1. The van der Waals surface area contributed by atoms with Crippen molar-refractivity contribution in [2.24, 2.45) is 0 Å². The molecule has 0 unspecified atom stereocenters. The zero-order valence-electron chi connectivity index (χ0n) is 6.65. The summed E-state index contributed by atoms with van der Waals surface area (Å²) in [6.45, 7) is 0. The molecule has 0 aliphatic heterocycles. The first kappa shape index (κ1) is 11.6. The van der Waals surface area contributed by atoms with Crippen molar-refractivity contribution in [1.82, 2.24) is 0 Å². The molecule has 0 aliphatic rings. The van der Waals surface area contributed by atoms with E-state index in [2.05, 4.69) is 31.9 Å². The van der Waals surface area contributed by atoms with Crippen molar-refractivity contribution < 1.29 is 18.7 Å². The van der Waals surface area contributed by atoms with Gasteiger partial charge in [-0.25, -0.2) is 8.78 Å². The van der Waals surface area contributed by atoms with Gasteiger partial charge in [-0.1, -0.05) is 0 Å². The van der Waals surface area contributed by atoms with Crippen molar-refractivity contribution >= 4 is 37.8 Å². The van der Waals surface area contributed by atoms with E-state index in [1.807, 2.05) is 0 Å². The lowest BCUT2D eigenvalue weighted by molar-refractivity contribution is -0.136. The standard InChI is InChI=1S/C8H4Br2F2O2/c9-6-3(2-5(13)14)1-4(11)8(12)7(6)10/h1H,2H2,(H,13,14). The number of carboxylic acid groups (broad SMARTS) is 1. The summed E-state index contributed by atoms with van der Waals surface area (Å²) >= 11 is 5.79. The molecule has 0 atom stereocenters. The number of benzene rings is 1. The van der Waals surface area contributed by atoms with Gasteiger partial charge in [-0.3, -0.25) is 4.79 Å². The number of hydrogen-bond donors (Lipinski definition) is 1. The number of hydrogen-bond acceptors (Lipinski definition) is 1. The highest BCUT2D eigenvalue weighted by atomic mass is 79.9. The minimum absolute atomic E-state index is 0.103. The fourth-order valence-corrected chi connectivity index (χ4v) is 1.79. The van der Waals surface area contributed by atoms with Gasteiger partial charge in [0.1, 0.15) is 0 Å². The lowest BCUT2D eigenvalue weighted by Crippen LogP contribution is -2.03. The molecule has 1 rings (SSSR count). The van der Waals surface area contributed by atoms with Crippen molar-refractivity contribution in [3.63, 3.8) is 0 Å². The second-order valence-electron chi connectivity index (χ2n) is 2.53. The maximum absolute atomic E-state index is 12.9. The molecule has 0 saturated heterocycles. The third-order valence-corrected chi connectivity index (χ3v) is 3.70. The maximum atomic E-state index is 12.9. The Labute approximate surface area is 95.2 Å². The summed E-state index contributed by atoms with van der Waals surface area (Å²) in [6.07, 6.45) is -0.365. The number of carboxylic acids is 1. The van der Waals surface area contributed by atoms with Crippen LogP contribution in [0.15, 0.2) is 15.0 Å². The third kappa shape index (κ3) is 2.30. The molecule has 0 aliphatic carbocycles. The van der Waals surface area contributed by atoms with Crippen LogP contribution in [0.5, 0.6) is 0 Å². The first-order valence-electron chi connectivity index (χ1n) is 3.47. The van der Waals surface area contributed by atoms with Crippen LogP contribution in [0.4, 0.5) is 8.78 Å². The van der Waals surface area contributed by atoms with Crippen LogP contribution in [0.25, 0.3) is 0 Å². The molecular weight excluding hydrogens is 326 g/mol. The first-order valence-corrected chi connectivity index (χ1v) is 5.05. The Morgan fingerprint density at radius 2 is 1.93 bits per heavy atom. The van der Waals surface area contributed by atoms with Gasteiger partial charge in [0, 0.05) is 4.47 Å². The van der Waals surface area contributed by atoms with Crippen LogP contribution in [-0.2, 0) is 11.2 Å². The molecule has 0 spiro atoms. The predicted octanol–water partition coefficient (Wildman–Crippen LogP) is 3.12. The van der Waals surface area contributed by atoms with Crippen molar-refractivity contribution in [3.8, 4) is 0 Å². The second kappa shape index (κ2) is 4.35. The quantitative estimate of drug-likeness (QED) is 0.668. The molecule has 0 radical (unpaired) electrons. The van der Waals surface area contributed by atoms with E-state index >= 15 is 0 Å². The molecule has 0 fully saturated rings. The van der Waals surface area contributed by atoms with Crippen LogP contribution in [-0.4, -0.2) is 11.1 Å². The van der Waals surface area contributed by atoms with Crippen LogP contribution < -0.4 is 0 Å². The van der Waals surface area contributed by atoms with Crippen LogP contribution in [0.1, 0.15) is 5.56 Å². The van der Waals surface area contributed by atoms with Crippen molar-refractivity contribution in [2.45, 2.75) is 6.42 Å². The Kier molecular flexibility index (Phi) is 3.60. The van der Waals surface area contributed by atoms with Gasteiger partial charge in [0.15, 0.2) is 11.6 Å². The summed E-state index contributed by atoms with van der Waals surface area (Å²) in [7, 11) is 0. The van der Waals surface area contributed by atoms with E-state index in [9.17, 15) is 13.6 Å². The normalized spacial score (nSPS) is 10.3. The van der Waals surface area contributed by atoms with Gasteiger partial charge in [-0.15, -0.1) is 0 Å². The molecule has 76 valence electrons. The Morgan fingerprint density at radius 1 is 1.36 bits per heavy atom. The van der Waals surface area contributed by atoms with Gasteiger partial charge in [0.25, 0.3) is 0 Å². The molecule has 0 heterocycles. The average molecular weight is 330 g/mol. The summed E-state index contributed by atoms with van der Waals surface area (Å²) < 4.78 is 25.9. The van der Waals surface area contributed by atoms with Crippen LogP contribution >= 0.6 is 31.9 Å². The monoisotopic (exact) mass is 328 g/mol. The Morgan fingerprint density at radius 3 is 2.43 bits per heavy atom. The molecule has 0 amide bonds. The van der Waals surface area contributed by atoms with Gasteiger partial charge in [0.2, 0.25) is 0 Å². The van der Waals surface area contributed by atoms with Crippen LogP contribution in [0.3, 0.4) is 0 Å². The summed E-state index contributed by atoms with van der Waals surface area (Å²) in [4.78, 5) is 10.4. The smallest absolute Gasteiger partial charge is 0.307 e. The molecule has 0 saturated carbocycles. The minimum atomic E-state index is -1.11. The largest absolute Gasteiger partial charge is 0.481 e. The Bertz CT molecular complexity index is 393. The molecule has 1 aromatic carbocycles. The van der Waals surface area contributed by atoms with Gasteiger partial charge in [-0.05, 0) is 43.5 Å². The first-order chi connectivity index (χ1) is 6.43. The van der Waals surface area contributed by atoms with E-state index in [1.165, 1.54) is 0 Å². The number of rotatable bonds is 2. The molecule has 0 bridgehead atoms. The van der Waals surface area contributed by atoms with E-state index in [4.69, 9.17) is 5.11 Å². The van der Waals surface area contributed by atoms with E-state index in [-0.39, 0.29) is 20.9 Å². The molecule has 0 aromatic heterocycles. The molecule has 1 N–H and O–H groups in total. The summed E-state index contributed by atoms with van der Waals surface area (Å²) in [5.74, 6) is -3.22. The average Bonchev–Trinajstić information content (AvgIpc) is 2.10. The fourth-order valence-electron chi connectivity index (χ4n) is 0.913. The second-order valence-corrected chi connectivity index (χ2v) is 4.12. The lowest BCUT2D eigenvalue weighted by atomic mass is 10.1. The molecule has 14 heavy (non-hydrogen) atoms.